The number of para-hydroxylation sites is 1. The lowest BCUT2D eigenvalue weighted by molar-refractivity contribution is -0.134. The van der Waals surface area contributed by atoms with E-state index in [-0.39, 0.29) is 30.2 Å². The van der Waals surface area contributed by atoms with Gasteiger partial charge in [-0.1, -0.05) is 24.3 Å². The normalized spacial score (nSPS) is 11.4. The Morgan fingerprint density at radius 1 is 1.10 bits per heavy atom. The van der Waals surface area contributed by atoms with E-state index >= 15 is 0 Å². The third-order valence-corrected chi connectivity index (χ3v) is 4.76. The van der Waals surface area contributed by atoms with Crippen LogP contribution in [0.5, 0.6) is 11.5 Å². The Kier molecular flexibility index (Phi) is 6.75. The molecule has 1 atom stereocenters. The molecule has 1 N–H and O–H groups in total. The molecule has 0 aliphatic rings. The standard InChI is InChI=1S/C23H24N2O5/c1-16(19-10-4-5-11-20(19)28-3)25(2)22(26)15-30-18-9-6-8-17(14-18)24-23(27)21-12-7-13-29-21/h4-14,16H,15H2,1-3H3,(H,24,27). The second-order valence-electron chi connectivity index (χ2n) is 6.67. The monoisotopic (exact) mass is 408 g/mol. The van der Waals surface area contributed by atoms with Gasteiger partial charge in [-0.25, -0.2) is 0 Å². The Labute approximate surface area is 175 Å². The first-order valence-corrected chi connectivity index (χ1v) is 9.46. The number of rotatable bonds is 8. The number of nitrogens with zero attached hydrogens (tertiary/aromatic N) is 1. The predicted octanol–water partition coefficient (Wildman–Crippen LogP) is 4.14. The van der Waals surface area contributed by atoms with Crippen LogP contribution >= 0.6 is 0 Å². The molecule has 30 heavy (non-hydrogen) atoms. The molecule has 156 valence electrons. The molecular formula is C23H24N2O5. The average Bonchev–Trinajstić information content (AvgIpc) is 3.32. The number of ether oxygens (including phenoxy) is 2. The number of anilines is 1. The lowest BCUT2D eigenvalue weighted by atomic mass is 10.1. The minimum atomic E-state index is -0.362. The molecule has 3 rings (SSSR count). The molecule has 7 nitrogen and oxygen atoms in total. The molecule has 0 aliphatic carbocycles. The lowest BCUT2D eigenvalue weighted by Crippen LogP contribution is -2.33. The van der Waals surface area contributed by atoms with Crippen LogP contribution in [0.3, 0.4) is 0 Å². The largest absolute Gasteiger partial charge is 0.496 e. The van der Waals surface area contributed by atoms with Crippen LogP contribution in [0.4, 0.5) is 5.69 Å². The van der Waals surface area contributed by atoms with Crippen LogP contribution < -0.4 is 14.8 Å². The van der Waals surface area contributed by atoms with E-state index in [0.29, 0.717) is 11.4 Å². The minimum Gasteiger partial charge on any atom is -0.496 e. The number of furan rings is 1. The Balaban J connectivity index is 1.59. The van der Waals surface area contributed by atoms with Crippen molar-refractivity contribution in [3.05, 3.63) is 78.3 Å². The van der Waals surface area contributed by atoms with Gasteiger partial charge in [-0.05, 0) is 37.3 Å². The molecule has 1 unspecified atom stereocenters. The fourth-order valence-electron chi connectivity index (χ4n) is 2.95. The van der Waals surface area contributed by atoms with Gasteiger partial charge in [0.25, 0.3) is 11.8 Å². The number of hydrogen-bond acceptors (Lipinski definition) is 5. The van der Waals surface area contributed by atoms with Crippen LogP contribution in [-0.2, 0) is 4.79 Å². The van der Waals surface area contributed by atoms with Gasteiger partial charge in [0.05, 0.1) is 19.4 Å². The maximum atomic E-state index is 12.6. The zero-order valence-electron chi connectivity index (χ0n) is 17.1. The SMILES string of the molecule is COc1ccccc1C(C)N(C)C(=O)COc1cccc(NC(=O)c2ccco2)c1. The van der Waals surface area contributed by atoms with Crippen LogP contribution in [0.2, 0.25) is 0 Å². The van der Waals surface area contributed by atoms with Crippen molar-refractivity contribution in [2.45, 2.75) is 13.0 Å². The zero-order valence-corrected chi connectivity index (χ0v) is 17.1. The number of carbonyl (C=O) groups excluding carboxylic acids is 2. The summed E-state index contributed by atoms with van der Waals surface area (Å²) in [6.07, 6.45) is 1.43. The minimum absolute atomic E-state index is 0.133. The van der Waals surface area contributed by atoms with Crippen LogP contribution in [0.1, 0.15) is 29.1 Å². The summed E-state index contributed by atoms with van der Waals surface area (Å²) in [5.41, 5.74) is 1.45. The van der Waals surface area contributed by atoms with Crippen LogP contribution in [-0.4, -0.2) is 37.5 Å². The van der Waals surface area contributed by atoms with Crippen molar-refractivity contribution in [2.24, 2.45) is 0 Å². The Bertz CT molecular complexity index is 1000. The topological polar surface area (TPSA) is 81.0 Å². The van der Waals surface area contributed by atoms with Gasteiger partial charge in [0.1, 0.15) is 11.5 Å². The van der Waals surface area contributed by atoms with Crippen molar-refractivity contribution in [2.75, 3.05) is 26.1 Å². The van der Waals surface area contributed by atoms with Crippen molar-refractivity contribution in [1.29, 1.82) is 0 Å². The van der Waals surface area contributed by atoms with E-state index in [9.17, 15) is 9.59 Å². The van der Waals surface area contributed by atoms with Crippen molar-refractivity contribution >= 4 is 17.5 Å². The molecule has 2 aromatic carbocycles. The first-order chi connectivity index (χ1) is 14.5. The molecule has 0 saturated heterocycles. The van der Waals surface area contributed by atoms with Gasteiger partial charge >= 0.3 is 0 Å². The molecule has 1 heterocycles. The smallest absolute Gasteiger partial charge is 0.291 e. The molecule has 7 heteroatoms. The van der Waals surface area contributed by atoms with Crippen LogP contribution in [0.15, 0.2) is 71.3 Å². The molecule has 1 aromatic heterocycles. The quantitative estimate of drug-likeness (QED) is 0.606. The van der Waals surface area contributed by atoms with E-state index in [1.54, 1.807) is 55.5 Å². The van der Waals surface area contributed by atoms with Crippen molar-refractivity contribution in [1.82, 2.24) is 4.90 Å². The summed E-state index contributed by atoms with van der Waals surface area (Å²) >= 11 is 0. The maximum Gasteiger partial charge on any atom is 0.291 e. The molecule has 0 bridgehead atoms. The molecule has 0 spiro atoms. The van der Waals surface area contributed by atoms with Gasteiger partial charge in [0.2, 0.25) is 0 Å². The van der Waals surface area contributed by atoms with Gasteiger partial charge in [-0.15, -0.1) is 0 Å². The molecule has 2 amide bonds. The number of carbonyl (C=O) groups is 2. The van der Waals surface area contributed by atoms with Gasteiger partial charge < -0.3 is 24.1 Å². The fraction of sp³-hybridized carbons (Fsp3) is 0.217. The number of benzene rings is 2. The highest BCUT2D eigenvalue weighted by Gasteiger charge is 2.20. The Morgan fingerprint density at radius 2 is 1.90 bits per heavy atom. The predicted molar refractivity (Wildman–Crippen MR) is 113 cm³/mol. The summed E-state index contributed by atoms with van der Waals surface area (Å²) in [6, 6.07) is 17.5. The first kappa shape index (κ1) is 21.0. The van der Waals surface area contributed by atoms with Crippen LogP contribution in [0, 0.1) is 0 Å². The first-order valence-electron chi connectivity index (χ1n) is 9.46. The zero-order chi connectivity index (χ0) is 21.5. The third-order valence-electron chi connectivity index (χ3n) is 4.76. The average molecular weight is 408 g/mol. The Morgan fingerprint density at radius 3 is 2.63 bits per heavy atom. The van der Waals surface area contributed by atoms with Crippen LogP contribution in [0.25, 0.3) is 0 Å². The number of hydrogen-bond donors (Lipinski definition) is 1. The fourth-order valence-corrected chi connectivity index (χ4v) is 2.95. The van der Waals surface area contributed by atoms with E-state index < -0.39 is 0 Å². The van der Waals surface area contributed by atoms with E-state index in [2.05, 4.69) is 5.32 Å². The highest BCUT2D eigenvalue weighted by Crippen LogP contribution is 2.28. The van der Waals surface area contributed by atoms with Crippen molar-refractivity contribution in [3.8, 4) is 11.5 Å². The molecular weight excluding hydrogens is 384 g/mol. The van der Waals surface area contributed by atoms with E-state index in [1.165, 1.54) is 6.26 Å². The molecule has 0 saturated carbocycles. The summed E-state index contributed by atoms with van der Waals surface area (Å²) in [6.45, 7) is 1.80. The van der Waals surface area contributed by atoms with Gasteiger partial charge in [-0.2, -0.15) is 0 Å². The molecule has 3 aromatic rings. The highest BCUT2D eigenvalue weighted by atomic mass is 16.5. The second kappa shape index (κ2) is 9.65. The van der Waals surface area contributed by atoms with E-state index in [0.717, 1.165) is 11.3 Å². The molecule has 0 radical (unpaired) electrons. The van der Waals surface area contributed by atoms with Crippen molar-refractivity contribution in [3.63, 3.8) is 0 Å². The highest BCUT2D eigenvalue weighted by molar-refractivity contribution is 6.02. The lowest BCUT2D eigenvalue weighted by Gasteiger charge is -2.26. The summed E-state index contributed by atoms with van der Waals surface area (Å²) in [7, 11) is 3.33. The van der Waals surface area contributed by atoms with E-state index in [1.807, 2.05) is 31.2 Å². The van der Waals surface area contributed by atoms with E-state index in [4.69, 9.17) is 13.9 Å². The summed E-state index contributed by atoms with van der Waals surface area (Å²) in [5, 5.41) is 2.73. The third kappa shape index (κ3) is 5.00. The molecule has 0 aliphatic heterocycles. The Hall–Kier alpha value is -3.74. The van der Waals surface area contributed by atoms with Gasteiger partial charge in [0.15, 0.2) is 12.4 Å². The van der Waals surface area contributed by atoms with Crippen molar-refractivity contribution < 1.29 is 23.5 Å². The van der Waals surface area contributed by atoms with Gasteiger partial charge in [0, 0.05) is 24.4 Å². The van der Waals surface area contributed by atoms with Gasteiger partial charge in [-0.3, -0.25) is 9.59 Å². The number of methoxy groups -OCH3 is 1. The second-order valence-corrected chi connectivity index (χ2v) is 6.67. The summed E-state index contributed by atoms with van der Waals surface area (Å²) in [4.78, 5) is 26.3. The summed E-state index contributed by atoms with van der Waals surface area (Å²) < 4.78 is 16.1. The number of amides is 2. The molecule has 0 fully saturated rings. The maximum absolute atomic E-state index is 12.6. The summed E-state index contributed by atoms with van der Waals surface area (Å²) in [5.74, 6) is 0.866. The number of likely N-dealkylation sites (N-methyl/N-ethyl adjacent to an activating group) is 1. The number of nitrogens with one attached hydrogen (secondary N) is 1.